The minimum atomic E-state index is -0.494. The largest absolute Gasteiger partial charge is 0.464 e. The molecule has 1 amide bonds. The van der Waals surface area contributed by atoms with Gasteiger partial charge in [0.25, 0.3) is 5.91 Å². The van der Waals surface area contributed by atoms with Crippen LogP contribution in [0, 0.1) is 0 Å². The Kier molecular flexibility index (Phi) is 5.93. The van der Waals surface area contributed by atoms with Gasteiger partial charge in [0.1, 0.15) is 11.4 Å². The molecule has 134 valence electrons. The topological polar surface area (TPSA) is 72.7 Å². The van der Waals surface area contributed by atoms with Crippen LogP contribution in [0.15, 0.2) is 29.3 Å². The highest BCUT2D eigenvalue weighted by molar-refractivity contribution is 8.00. The zero-order chi connectivity index (χ0) is 17.8. The SMILES string of the molecule is CCOC(=O)C(CC)n1c(=NC(=O)C2NCCS2)sc2ccccc21. The van der Waals surface area contributed by atoms with Crippen molar-refractivity contribution >= 4 is 45.2 Å². The van der Waals surface area contributed by atoms with Gasteiger partial charge < -0.3 is 9.30 Å². The number of amides is 1. The Morgan fingerprint density at radius 2 is 2.20 bits per heavy atom. The lowest BCUT2D eigenvalue weighted by molar-refractivity contribution is -0.147. The summed E-state index contributed by atoms with van der Waals surface area (Å²) in [6, 6.07) is 7.28. The monoisotopic (exact) mass is 379 g/mol. The third-order valence-electron chi connectivity index (χ3n) is 3.94. The smallest absolute Gasteiger partial charge is 0.329 e. The summed E-state index contributed by atoms with van der Waals surface area (Å²) in [5, 5.41) is 2.84. The van der Waals surface area contributed by atoms with Crippen LogP contribution in [0.1, 0.15) is 26.3 Å². The molecule has 0 bridgehead atoms. The summed E-state index contributed by atoms with van der Waals surface area (Å²) in [7, 11) is 0. The van der Waals surface area contributed by atoms with Crippen molar-refractivity contribution in [3.8, 4) is 0 Å². The molecule has 1 aliphatic rings. The van der Waals surface area contributed by atoms with E-state index in [4.69, 9.17) is 4.74 Å². The first-order chi connectivity index (χ1) is 12.2. The molecule has 1 saturated heterocycles. The Bertz CT molecular complexity index is 837. The molecule has 2 aromatic rings. The van der Waals surface area contributed by atoms with Crippen LogP contribution in [0.3, 0.4) is 0 Å². The molecule has 1 aromatic heterocycles. The van der Waals surface area contributed by atoms with E-state index in [1.165, 1.54) is 11.3 Å². The van der Waals surface area contributed by atoms with Crippen molar-refractivity contribution in [2.45, 2.75) is 31.7 Å². The molecule has 1 aliphatic heterocycles. The lowest BCUT2D eigenvalue weighted by Crippen LogP contribution is -2.32. The van der Waals surface area contributed by atoms with E-state index < -0.39 is 6.04 Å². The number of hydrogen-bond acceptors (Lipinski definition) is 6. The summed E-state index contributed by atoms with van der Waals surface area (Å²) >= 11 is 2.98. The van der Waals surface area contributed by atoms with Crippen molar-refractivity contribution in [2.24, 2.45) is 4.99 Å². The van der Waals surface area contributed by atoms with Crippen molar-refractivity contribution in [3.05, 3.63) is 29.1 Å². The van der Waals surface area contributed by atoms with Crippen LogP contribution in [0.25, 0.3) is 10.2 Å². The summed E-state index contributed by atoms with van der Waals surface area (Å²) in [6.45, 7) is 4.86. The van der Waals surface area contributed by atoms with Crippen molar-refractivity contribution in [1.29, 1.82) is 0 Å². The Morgan fingerprint density at radius 3 is 2.88 bits per heavy atom. The molecule has 6 nitrogen and oxygen atoms in total. The zero-order valence-electron chi connectivity index (χ0n) is 14.2. The highest BCUT2D eigenvalue weighted by Crippen LogP contribution is 2.23. The maximum atomic E-state index is 12.5. The maximum Gasteiger partial charge on any atom is 0.329 e. The van der Waals surface area contributed by atoms with Crippen LogP contribution in [0.5, 0.6) is 0 Å². The number of aromatic nitrogens is 1. The molecule has 2 unspecified atom stereocenters. The van der Waals surface area contributed by atoms with E-state index in [9.17, 15) is 9.59 Å². The van der Waals surface area contributed by atoms with Crippen molar-refractivity contribution in [2.75, 3.05) is 18.9 Å². The maximum absolute atomic E-state index is 12.5. The normalized spacial score (nSPS) is 19.3. The first-order valence-electron chi connectivity index (χ1n) is 8.36. The van der Waals surface area contributed by atoms with Crippen molar-refractivity contribution < 1.29 is 14.3 Å². The van der Waals surface area contributed by atoms with Gasteiger partial charge >= 0.3 is 5.97 Å². The summed E-state index contributed by atoms with van der Waals surface area (Å²) < 4.78 is 8.06. The van der Waals surface area contributed by atoms with Gasteiger partial charge in [-0.2, -0.15) is 4.99 Å². The fourth-order valence-electron chi connectivity index (χ4n) is 2.80. The molecule has 25 heavy (non-hydrogen) atoms. The summed E-state index contributed by atoms with van der Waals surface area (Å²) in [5.41, 5.74) is 0.894. The standard InChI is InChI=1S/C17H21N3O3S2/c1-3-11(16(22)23-4-2)20-12-7-5-6-8-13(12)25-17(20)19-14(21)15-18-9-10-24-15/h5-8,11,15,18H,3-4,9-10H2,1-2H3. The van der Waals surface area contributed by atoms with Crippen LogP contribution < -0.4 is 10.1 Å². The second-order valence-corrected chi connectivity index (χ2v) is 7.78. The number of benzene rings is 1. The number of thioether (sulfide) groups is 1. The highest BCUT2D eigenvalue weighted by atomic mass is 32.2. The average molecular weight is 380 g/mol. The number of esters is 1. The van der Waals surface area contributed by atoms with E-state index >= 15 is 0 Å². The molecule has 2 heterocycles. The third kappa shape index (κ3) is 3.80. The van der Waals surface area contributed by atoms with Crippen LogP contribution in [-0.2, 0) is 14.3 Å². The van der Waals surface area contributed by atoms with E-state index in [1.54, 1.807) is 18.7 Å². The van der Waals surface area contributed by atoms with Gasteiger partial charge in [0, 0.05) is 12.3 Å². The lowest BCUT2D eigenvalue weighted by atomic mass is 10.2. The molecule has 0 spiro atoms. The second-order valence-electron chi connectivity index (χ2n) is 5.55. The molecular formula is C17H21N3O3S2. The molecular weight excluding hydrogens is 358 g/mol. The van der Waals surface area contributed by atoms with Gasteiger partial charge in [-0.25, -0.2) is 4.79 Å². The lowest BCUT2D eigenvalue weighted by Gasteiger charge is -2.16. The summed E-state index contributed by atoms with van der Waals surface area (Å²) in [6.07, 6.45) is 0.567. The van der Waals surface area contributed by atoms with Gasteiger partial charge in [-0.3, -0.25) is 10.1 Å². The number of carbonyl (C=O) groups is 2. The number of rotatable bonds is 5. The van der Waals surface area contributed by atoms with Gasteiger partial charge in [-0.05, 0) is 25.5 Å². The summed E-state index contributed by atoms with van der Waals surface area (Å²) in [4.78, 5) is 29.8. The number of thiazole rings is 1. The third-order valence-corrected chi connectivity index (χ3v) is 6.11. The highest BCUT2D eigenvalue weighted by Gasteiger charge is 2.26. The number of para-hydroxylation sites is 1. The van der Waals surface area contributed by atoms with E-state index in [0.29, 0.717) is 17.8 Å². The molecule has 3 rings (SSSR count). The molecule has 2 atom stereocenters. The predicted molar refractivity (Wildman–Crippen MR) is 101 cm³/mol. The number of nitrogens with zero attached hydrogens (tertiary/aromatic N) is 2. The minimum absolute atomic E-state index is 0.207. The molecule has 0 aliphatic carbocycles. The first-order valence-corrected chi connectivity index (χ1v) is 10.2. The Morgan fingerprint density at radius 1 is 1.40 bits per heavy atom. The van der Waals surface area contributed by atoms with Gasteiger partial charge in [-0.1, -0.05) is 30.4 Å². The number of hydrogen-bond donors (Lipinski definition) is 1. The van der Waals surface area contributed by atoms with Crippen LogP contribution in [0.2, 0.25) is 0 Å². The fraction of sp³-hybridized carbons (Fsp3) is 0.471. The minimum Gasteiger partial charge on any atom is -0.464 e. The number of ether oxygens (including phenoxy) is 1. The van der Waals surface area contributed by atoms with Crippen LogP contribution in [-0.4, -0.2) is 40.7 Å². The second kappa shape index (κ2) is 8.16. The molecule has 1 aromatic carbocycles. The van der Waals surface area contributed by atoms with Crippen LogP contribution >= 0.6 is 23.1 Å². The van der Waals surface area contributed by atoms with Gasteiger partial charge in [0.15, 0.2) is 4.80 Å². The predicted octanol–water partition coefficient (Wildman–Crippen LogP) is 2.31. The van der Waals surface area contributed by atoms with E-state index in [0.717, 1.165) is 22.5 Å². The molecule has 0 saturated carbocycles. The molecule has 1 N–H and O–H groups in total. The summed E-state index contributed by atoms with van der Waals surface area (Å²) in [5.74, 6) is 0.399. The number of fused-ring (bicyclic) bond motifs is 1. The molecule has 1 fully saturated rings. The fourth-order valence-corrected chi connectivity index (χ4v) is 4.78. The average Bonchev–Trinajstić information content (AvgIpc) is 3.25. The number of carbonyl (C=O) groups excluding carboxylic acids is 2. The van der Waals surface area contributed by atoms with E-state index in [-0.39, 0.29) is 17.3 Å². The van der Waals surface area contributed by atoms with Crippen LogP contribution in [0.4, 0.5) is 0 Å². The molecule has 0 radical (unpaired) electrons. The molecule has 8 heteroatoms. The van der Waals surface area contributed by atoms with Crippen molar-refractivity contribution in [1.82, 2.24) is 9.88 Å². The Balaban J connectivity index is 2.11. The Labute approximate surface area is 154 Å². The van der Waals surface area contributed by atoms with Gasteiger partial charge in [-0.15, -0.1) is 11.8 Å². The van der Waals surface area contributed by atoms with E-state index in [1.807, 2.05) is 35.8 Å². The van der Waals surface area contributed by atoms with Crippen molar-refractivity contribution in [3.63, 3.8) is 0 Å². The van der Waals surface area contributed by atoms with Gasteiger partial charge in [0.2, 0.25) is 0 Å². The quantitative estimate of drug-likeness (QED) is 0.807. The number of nitrogens with one attached hydrogen (secondary N) is 1. The Hall–Kier alpha value is -1.64. The first kappa shape index (κ1) is 18.2. The van der Waals surface area contributed by atoms with Gasteiger partial charge in [0.05, 0.1) is 16.8 Å². The van der Waals surface area contributed by atoms with E-state index in [2.05, 4.69) is 10.3 Å². The zero-order valence-corrected chi connectivity index (χ0v) is 15.9.